The maximum absolute atomic E-state index is 12.2. The molecule has 0 atom stereocenters. The van der Waals surface area contributed by atoms with Crippen LogP contribution in [0.15, 0.2) is 53.4 Å². The lowest BCUT2D eigenvalue weighted by atomic mass is 10.2. The van der Waals surface area contributed by atoms with Crippen LogP contribution in [0.1, 0.15) is 10.4 Å². The maximum atomic E-state index is 12.2. The summed E-state index contributed by atoms with van der Waals surface area (Å²) < 4.78 is 65.6. The van der Waals surface area contributed by atoms with Gasteiger partial charge < -0.3 is 10.1 Å². The Bertz CT molecular complexity index is 865. The topological polar surface area (TPSA) is 84.5 Å². The Kier molecular flexibility index (Phi) is 5.33. The summed E-state index contributed by atoms with van der Waals surface area (Å²) >= 11 is 0. The molecule has 0 aliphatic heterocycles. The van der Waals surface area contributed by atoms with Gasteiger partial charge in [-0.3, -0.25) is 4.79 Å². The number of nitrogens with one attached hydrogen (secondary N) is 2. The van der Waals surface area contributed by atoms with Gasteiger partial charge >= 0.3 is 6.36 Å². The molecule has 10 heteroatoms. The highest BCUT2D eigenvalue weighted by atomic mass is 32.2. The number of hydrogen-bond donors (Lipinski definition) is 2. The molecule has 0 fully saturated rings. The van der Waals surface area contributed by atoms with Gasteiger partial charge in [0.25, 0.3) is 5.91 Å². The number of carbonyl (C=O) groups excluding carboxylic acids is 1. The van der Waals surface area contributed by atoms with Gasteiger partial charge in [-0.05, 0) is 49.5 Å². The molecule has 0 aromatic heterocycles. The summed E-state index contributed by atoms with van der Waals surface area (Å²) in [5.74, 6) is -1.04. The molecule has 0 unspecified atom stereocenters. The van der Waals surface area contributed by atoms with Gasteiger partial charge in [0, 0.05) is 11.3 Å². The molecule has 25 heavy (non-hydrogen) atoms. The zero-order valence-electron chi connectivity index (χ0n) is 12.8. The summed E-state index contributed by atoms with van der Waals surface area (Å²) in [6.07, 6.45) is -4.80. The van der Waals surface area contributed by atoms with E-state index in [0.29, 0.717) is 0 Å². The third-order valence-electron chi connectivity index (χ3n) is 3.02. The Labute approximate surface area is 141 Å². The van der Waals surface area contributed by atoms with Gasteiger partial charge in [0.05, 0.1) is 4.90 Å². The molecule has 2 N–H and O–H groups in total. The molecule has 0 heterocycles. The summed E-state index contributed by atoms with van der Waals surface area (Å²) in [6.45, 7) is 0. The zero-order valence-corrected chi connectivity index (χ0v) is 13.6. The minimum Gasteiger partial charge on any atom is -0.406 e. The van der Waals surface area contributed by atoms with Crippen LogP contribution in [0.3, 0.4) is 0 Å². The molecule has 0 aliphatic rings. The Balaban J connectivity index is 2.14. The molecular weight excluding hydrogens is 361 g/mol. The van der Waals surface area contributed by atoms with Gasteiger partial charge in [0.15, 0.2) is 0 Å². The average molecular weight is 374 g/mol. The first-order chi connectivity index (χ1) is 11.6. The van der Waals surface area contributed by atoms with E-state index in [0.717, 1.165) is 12.1 Å². The van der Waals surface area contributed by atoms with E-state index < -0.39 is 28.0 Å². The SMILES string of the molecule is CNS(=O)(=O)c1cccc(C(=O)Nc2ccc(OC(F)(F)F)cc2)c1. The highest BCUT2D eigenvalue weighted by molar-refractivity contribution is 7.89. The van der Waals surface area contributed by atoms with Crippen molar-refractivity contribution in [3.63, 3.8) is 0 Å². The second-order valence-electron chi connectivity index (χ2n) is 4.76. The van der Waals surface area contributed by atoms with E-state index in [-0.39, 0.29) is 16.1 Å². The molecule has 2 rings (SSSR count). The molecule has 2 aromatic rings. The molecule has 6 nitrogen and oxygen atoms in total. The fourth-order valence-electron chi connectivity index (χ4n) is 1.87. The normalized spacial score (nSPS) is 11.8. The van der Waals surface area contributed by atoms with E-state index in [9.17, 15) is 26.4 Å². The first kappa shape index (κ1) is 18.7. The van der Waals surface area contributed by atoms with Crippen molar-refractivity contribution in [1.82, 2.24) is 4.72 Å². The second kappa shape index (κ2) is 7.11. The molecule has 0 saturated carbocycles. The summed E-state index contributed by atoms with van der Waals surface area (Å²) in [6, 6.07) is 9.87. The highest BCUT2D eigenvalue weighted by Gasteiger charge is 2.30. The number of alkyl halides is 3. The molecule has 0 bridgehead atoms. The number of sulfonamides is 1. The van der Waals surface area contributed by atoms with Crippen LogP contribution in [-0.2, 0) is 10.0 Å². The fourth-order valence-corrected chi connectivity index (χ4v) is 2.64. The van der Waals surface area contributed by atoms with Crippen LogP contribution in [0.2, 0.25) is 0 Å². The highest BCUT2D eigenvalue weighted by Crippen LogP contribution is 2.24. The Morgan fingerprint density at radius 1 is 1.08 bits per heavy atom. The fraction of sp³-hybridized carbons (Fsp3) is 0.133. The minimum atomic E-state index is -4.80. The lowest BCUT2D eigenvalue weighted by Crippen LogP contribution is -2.19. The van der Waals surface area contributed by atoms with Gasteiger partial charge in [-0.15, -0.1) is 13.2 Å². The number of benzene rings is 2. The Morgan fingerprint density at radius 2 is 1.72 bits per heavy atom. The molecule has 134 valence electrons. The quantitative estimate of drug-likeness (QED) is 0.843. The first-order valence-corrected chi connectivity index (χ1v) is 8.30. The maximum Gasteiger partial charge on any atom is 0.573 e. The van der Waals surface area contributed by atoms with Crippen LogP contribution in [0, 0.1) is 0 Å². The molecule has 0 saturated heterocycles. The van der Waals surface area contributed by atoms with Gasteiger partial charge in [-0.2, -0.15) is 0 Å². The Hall–Kier alpha value is -2.59. The van der Waals surface area contributed by atoms with Crippen LogP contribution in [-0.4, -0.2) is 27.7 Å². The van der Waals surface area contributed by atoms with Crippen LogP contribution in [0.4, 0.5) is 18.9 Å². The summed E-state index contributed by atoms with van der Waals surface area (Å²) in [5, 5.41) is 2.45. The van der Waals surface area contributed by atoms with E-state index >= 15 is 0 Å². The zero-order chi connectivity index (χ0) is 18.7. The molecule has 0 spiro atoms. The smallest absolute Gasteiger partial charge is 0.406 e. The van der Waals surface area contributed by atoms with Crippen molar-refractivity contribution in [3.05, 3.63) is 54.1 Å². The van der Waals surface area contributed by atoms with Crippen molar-refractivity contribution in [2.45, 2.75) is 11.3 Å². The number of amides is 1. The van der Waals surface area contributed by atoms with Crippen molar-refractivity contribution in [1.29, 1.82) is 0 Å². The third-order valence-corrected chi connectivity index (χ3v) is 4.43. The number of anilines is 1. The molecule has 1 amide bonds. The first-order valence-electron chi connectivity index (χ1n) is 6.81. The summed E-state index contributed by atoms with van der Waals surface area (Å²) in [4.78, 5) is 12.1. The average Bonchev–Trinajstić information content (AvgIpc) is 2.55. The van der Waals surface area contributed by atoms with E-state index in [1.807, 2.05) is 0 Å². The largest absolute Gasteiger partial charge is 0.573 e. The van der Waals surface area contributed by atoms with Crippen molar-refractivity contribution in [3.8, 4) is 5.75 Å². The number of hydrogen-bond acceptors (Lipinski definition) is 4. The second-order valence-corrected chi connectivity index (χ2v) is 6.65. The standard InChI is InChI=1S/C15H13F3N2O4S/c1-19-25(22,23)13-4-2-3-10(9-13)14(21)20-11-5-7-12(8-6-11)24-15(16,17)18/h2-9,19H,1H3,(H,20,21). The summed E-state index contributed by atoms with van der Waals surface area (Å²) in [5.41, 5.74) is 0.299. The monoisotopic (exact) mass is 374 g/mol. The third kappa shape index (κ3) is 5.19. The van der Waals surface area contributed by atoms with Crippen molar-refractivity contribution in [2.24, 2.45) is 0 Å². The Morgan fingerprint density at radius 3 is 2.28 bits per heavy atom. The number of rotatable bonds is 5. The van der Waals surface area contributed by atoms with Gasteiger partial charge in [-0.25, -0.2) is 13.1 Å². The number of ether oxygens (including phenoxy) is 1. The van der Waals surface area contributed by atoms with E-state index in [4.69, 9.17) is 0 Å². The minimum absolute atomic E-state index is 0.0759. The van der Waals surface area contributed by atoms with E-state index in [1.54, 1.807) is 0 Å². The van der Waals surface area contributed by atoms with Gasteiger partial charge in [0.1, 0.15) is 5.75 Å². The predicted octanol–water partition coefficient (Wildman–Crippen LogP) is 2.75. The van der Waals surface area contributed by atoms with Gasteiger partial charge in [0.2, 0.25) is 10.0 Å². The van der Waals surface area contributed by atoms with Crippen molar-refractivity contribution in [2.75, 3.05) is 12.4 Å². The van der Waals surface area contributed by atoms with Crippen LogP contribution in [0.5, 0.6) is 5.75 Å². The van der Waals surface area contributed by atoms with E-state index in [2.05, 4.69) is 14.8 Å². The van der Waals surface area contributed by atoms with Crippen LogP contribution >= 0.6 is 0 Å². The lowest BCUT2D eigenvalue weighted by Gasteiger charge is -2.10. The van der Waals surface area contributed by atoms with E-state index in [1.165, 1.54) is 43.4 Å². The van der Waals surface area contributed by atoms with Gasteiger partial charge in [-0.1, -0.05) is 6.07 Å². The van der Waals surface area contributed by atoms with Crippen LogP contribution < -0.4 is 14.8 Å². The number of halogens is 3. The lowest BCUT2D eigenvalue weighted by molar-refractivity contribution is -0.274. The predicted molar refractivity (Wildman–Crippen MR) is 83.8 cm³/mol. The molecular formula is C15H13F3N2O4S. The van der Waals surface area contributed by atoms with Crippen molar-refractivity contribution < 1.29 is 31.1 Å². The molecule has 2 aromatic carbocycles. The molecule has 0 aliphatic carbocycles. The van der Waals surface area contributed by atoms with Crippen LogP contribution in [0.25, 0.3) is 0 Å². The summed E-state index contributed by atoms with van der Waals surface area (Å²) in [7, 11) is -2.46. The molecule has 0 radical (unpaired) electrons. The van der Waals surface area contributed by atoms with Crippen molar-refractivity contribution >= 4 is 21.6 Å². The number of carbonyl (C=O) groups is 1.